The summed E-state index contributed by atoms with van der Waals surface area (Å²) < 4.78 is 12.9. The van der Waals surface area contributed by atoms with E-state index in [0.29, 0.717) is 17.0 Å². The quantitative estimate of drug-likeness (QED) is 0.550. The number of benzene rings is 2. The predicted molar refractivity (Wildman–Crippen MR) is 104 cm³/mol. The summed E-state index contributed by atoms with van der Waals surface area (Å²) in [6, 6.07) is 14.8. The lowest BCUT2D eigenvalue weighted by molar-refractivity contribution is 0.0998. The first-order valence-corrected chi connectivity index (χ1v) is 9.09. The molecule has 0 fully saturated rings. The van der Waals surface area contributed by atoms with Gasteiger partial charge in [-0.15, -0.1) is 0 Å². The van der Waals surface area contributed by atoms with Crippen LogP contribution in [0.1, 0.15) is 10.6 Å². The molecule has 0 saturated carbocycles. The second-order valence-electron chi connectivity index (χ2n) is 5.89. The molecule has 1 amide bonds. The van der Waals surface area contributed by atoms with Crippen molar-refractivity contribution in [2.24, 2.45) is 7.05 Å². The Balaban J connectivity index is 1.49. The van der Waals surface area contributed by atoms with Gasteiger partial charge in [0.05, 0.1) is 7.11 Å². The third kappa shape index (κ3) is 3.54. The predicted octanol–water partition coefficient (Wildman–Crippen LogP) is 4.58. The number of imidazole rings is 1. The smallest absolute Gasteiger partial charge is 0.291 e. The van der Waals surface area contributed by atoms with Crippen molar-refractivity contribution in [3.05, 3.63) is 66.7 Å². The van der Waals surface area contributed by atoms with E-state index in [2.05, 4.69) is 10.3 Å². The van der Waals surface area contributed by atoms with Crippen LogP contribution >= 0.6 is 11.8 Å². The molecule has 0 saturated heterocycles. The van der Waals surface area contributed by atoms with Crippen molar-refractivity contribution >= 4 is 34.3 Å². The van der Waals surface area contributed by atoms with Gasteiger partial charge in [0, 0.05) is 35.4 Å². The standard InChI is InChI=1S/C20H17N3O3S/c1-23-11-10-21-20(23)27-15-8-6-14(7-9-15)22-19(24)17-12-13-4-3-5-16(25-2)18(13)26-17/h3-12H,1-2H3,(H,22,24). The number of rotatable bonds is 5. The van der Waals surface area contributed by atoms with Crippen LogP contribution in [0.2, 0.25) is 0 Å². The van der Waals surface area contributed by atoms with Gasteiger partial charge in [0.15, 0.2) is 22.2 Å². The van der Waals surface area contributed by atoms with Crippen molar-refractivity contribution < 1.29 is 13.9 Å². The van der Waals surface area contributed by atoms with E-state index < -0.39 is 0 Å². The van der Waals surface area contributed by atoms with Crippen LogP contribution < -0.4 is 10.1 Å². The topological polar surface area (TPSA) is 69.3 Å². The summed E-state index contributed by atoms with van der Waals surface area (Å²) in [7, 11) is 3.52. The van der Waals surface area contributed by atoms with Crippen LogP contribution in [-0.2, 0) is 7.05 Å². The molecule has 2 aromatic heterocycles. The molecule has 0 radical (unpaired) electrons. The number of furan rings is 1. The first-order valence-electron chi connectivity index (χ1n) is 8.27. The minimum Gasteiger partial charge on any atom is -0.493 e. The molecule has 6 nitrogen and oxygen atoms in total. The van der Waals surface area contributed by atoms with Crippen molar-refractivity contribution in [1.82, 2.24) is 9.55 Å². The van der Waals surface area contributed by atoms with Gasteiger partial charge in [-0.2, -0.15) is 0 Å². The van der Waals surface area contributed by atoms with Gasteiger partial charge in [-0.25, -0.2) is 4.98 Å². The maximum absolute atomic E-state index is 12.5. The van der Waals surface area contributed by atoms with Crippen molar-refractivity contribution in [3.8, 4) is 5.75 Å². The van der Waals surface area contributed by atoms with Crippen molar-refractivity contribution in [2.45, 2.75) is 10.1 Å². The number of nitrogens with zero attached hydrogens (tertiary/aromatic N) is 2. The van der Waals surface area contributed by atoms with Crippen molar-refractivity contribution in [1.29, 1.82) is 0 Å². The number of anilines is 1. The maximum Gasteiger partial charge on any atom is 0.291 e. The average Bonchev–Trinajstić information content (AvgIpc) is 3.29. The summed E-state index contributed by atoms with van der Waals surface area (Å²) in [4.78, 5) is 17.8. The molecule has 0 aliphatic rings. The molecule has 0 aliphatic carbocycles. The molecule has 7 heteroatoms. The molecular formula is C20H17N3O3S. The number of fused-ring (bicyclic) bond motifs is 1. The molecule has 2 heterocycles. The number of hydrogen-bond acceptors (Lipinski definition) is 5. The number of ether oxygens (including phenoxy) is 1. The van der Waals surface area contributed by atoms with Gasteiger partial charge in [-0.05, 0) is 36.4 Å². The van der Waals surface area contributed by atoms with Gasteiger partial charge >= 0.3 is 0 Å². The number of amides is 1. The molecule has 136 valence electrons. The van der Waals surface area contributed by atoms with Gasteiger partial charge < -0.3 is 19.0 Å². The molecule has 0 aliphatic heterocycles. The van der Waals surface area contributed by atoms with Gasteiger partial charge in [-0.3, -0.25) is 4.79 Å². The Bertz CT molecular complexity index is 1100. The Morgan fingerprint density at radius 2 is 2.04 bits per heavy atom. The number of aromatic nitrogens is 2. The summed E-state index contributed by atoms with van der Waals surface area (Å²) in [5.41, 5.74) is 1.25. The minimum atomic E-state index is -0.308. The van der Waals surface area contributed by atoms with E-state index in [-0.39, 0.29) is 11.7 Å². The third-order valence-electron chi connectivity index (χ3n) is 4.05. The number of carbonyl (C=O) groups excluding carboxylic acids is 1. The van der Waals surface area contributed by atoms with Crippen LogP contribution in [0.25, 0.3) is 11.0 Å². The van der Waals surface area contributed by atoms with Crippen LogP contribution in [0.4, 0.5) is 5.69 Å². The summed E-state index contributed by atoms with van der Waals surface area (Å²) in [6.07, 6.45) is 3.67. The number of hydrogen-bond donors (Lipinski definition) is 1. The zero-order valence-corrected chi connectivity index (χ0v) is 15.6. The molecule has 0 unspecified atom stereocenters. The van der Waals surface area contributed by atoms with E-state index in [1.165, 1.54) is 0 Å². The Morgan fingerprint density at radius 3 is 2.74 bits per heavy atom. The fraction of sp³-hybridized carbons (Fsp3) is 0.100. The monoisotopic (exact) mass is 379 g/mol. The highest BCUT2D eigenvalue weighted by Crippen LogP contribution is 2.29. The first-order chi connectivity index (χ1) is 13.1. The third-order valence-corrected chi connectivity index (χ3v) is 5.13. The van der Waals surface area contributed by atoms with E-state index in [9.17, 15) is 4.79 Å². The number of carbonyl (C=O) groups is 1. The summed E-state index contributed by atoms with van der Waals surface area (Å²) in [5.74, 6) is 0.529. The highest BCUT2D eigenvalue weighted by molar-refractivity contribution is 7.99. The number of methoxy groups -OCH3 is 1. The maximum atomic E-state index is 12.5. The Morgan fingerprint density at radius 1 is 1.22 bits per heavy atom. The average molecular weight is 379 g/mol. The molecule has 1 N–H and O–H groups in total. The fourth-order valence-electron chi connectivity index (χ4n) is 2.66. The van der Waals surface area contributed by atoms with Crippen LogP contribution in [0.3, 0.4) is 0 Å². The van der Waals surface area contributed by atoms with E-state index in [1.807, 2.05) is 54.2 Å². The Kier molecular flexibility index (Phi) is 4.60. The second kappa shape index (κ2) is 7.20. The Hall–Kier alpha value is -3.19. The second-order valence-corrected chi connectivity index (χ2v) is 6.93. The largest absolute Gasteiger partial charge is 0.493 e. The lowest BCUT2D eigenvalue weighted by Crippen LogP contribution is -2.10. The minimum absolute atomic E-state index is 0.237. The van der Waals surface area contributed by atoms with Gasteiger partial charge in [-0.1, -0.05) is 23.9 Å². The molecule has 0 atom stereocenters. The summed E-state index contributed by atoms with van der Waals surface area (Å²) >= 11 is 1.56. The van der Waals surface area contributed by atoms with Crippen molar-refractivity contribution in [3.63, 3.8) is 0 Å². The number of aryl methyl sites for hydroxylation is 1. The highest BCUT2D eigenvalue weighted by Gasteiger charge is 2.15. The highest BCUT2D eigenvalue weighted by atomic mass is 32.2. The van der Waals surface area contributed by atoms with Crippen LogP contribution in [0.15, 0.2) is 75.4 Å². The molecule has 0 spiro atoms. The Labute approximate surface area is 160 Å². The van der Waals surface area contributed by atoms with E-state index >= 15 is 0 Å². The van der Waals surface area contributed by atoms with Crippen LogP contribution in [0, 0.1) is 0 Å². The van der Waals surface area contributed by atoms with Crippen LogP contribution in [0.5, 0.6) is 5.75 Å². The van der Waals surface area contributed by atoms with E-state index in [0.717, 1.165) is 15.4 Å². The summed E-state index contributed by atoms with van der Waals surface area (Å²) in [5, 5.41) is 4.58. The van der Waals surface area contributed by atoms with Crippen molar-refractivity contribution in [2.75, 3.05) is 12.4 Å². The zero-order chi connectivity index (χ0) is 18.8. The fourth-order valence-corrected chi connectivity index (χ4v) is 3.47. The number of nitrogens with one attached hydrogen (secondary N) is 1. The first kappa shape index (κ1) is 17.2. The van der Waals surface area contributed by atoms with Gasteiger partial charge in [0.25, 0.3) is 5.91 Å². The lowest BCUT2D eigenvalue weighted by Gasteiger charge is -2.05. The summed E-state index contributed by atoms with van der Waals surface area (Å²) in [6.45, 7) is 0. The molecule has 0 bridgehead atoms. The lowest BCUT2D eigenvalue weighted by atomic mass is 10.2. The van der Waals surface area contributed by atoms with E-state index in [4.69, 9.17) is 9.15 Å². The van der Waals surface area contributed by atoms with Gasteiger partial charge in [0.2, 0.25) is 0 Å². The zero-order valence-electron chi connectivity index (χ0n) is 14.8. The molecule has 4 rings (SSSR count). The SMILES string of the molecule is COc1cccc2cc(C(=O)Nc3ccc(Sc4nccn4C)cc3)oc12. The van der Waals surface area contributed by atoms with E-state index in [1.54, 1.807) is 37.2 Å². The molecular weight excluding hydrogens is 362 g/mol. The molecule has 4 aromatic rings. The molecule has 2 aromatic carbocycles. The molecule has 27 heavy (non-hydrogen) atoms. The van der Waals surface area contributed by atoms with Crippen LogP contribution in [-0.4, -0.2) is 22.6 Å². The number of para-hydroxylation sites is 1. The normalized spacial score (nSPS) is 10.9. The van der Waals surface area contributed by atoms with Gasteiger partial charge in [0.1, 0.15) is 0 Å².